The summed E-state index contributed by atoms with van der Waals surface area (Å²) >= 11 is 0. The largest absolute Gasteiger partial charge is 3.00 e. The molecule has 1 radical (unpaired) electrons. The second-order valence-corrected chi connectivity index (χ2v) is 0.500. The van der Waals surface area contributed by atoms with Crippen LogP contribution in [-0.2, 0) is 17.1 Å². The Morgan fingerprint density at radius 2 is 0.769 bits per heavy atom. The standard InChI is InChI=1S/2CH2O3.Al.Fe.3H2O/c2*2-1(3)4;;;;;/h2*(H2,2,3,4);;;3*1H2/q;;2*+3;;;/p-6. The molecule has 0 aromatic heterocycles. The Morgan fingerprint density at radius 3 is 0.769 bits per heavy atom. The van der Waals surface area contributed by atoms with Gasteiger partial charge in [0.15, 0.2) is 0 Å². The van der Waals surface area contributed by atoms with Crippen LogP contribution in [0.5, 0.6) is 0 Å². The van der Waals surface area contributed by atoms with Crippen molar-refractivity contribution >= 4 is 29.7 Å². The summed E-state index contributed by atoms with van der Waals surface area (Å²) in [4.78, 5) is 16.7. The predicted octanol–water partition coefficient (Wildman–Crippen LogP) is -6.46. The minimum absolute atomic E-state index is 0. The van der Waals surface area contributed by atoms with Gasteiger partial charge in [-0.2, -0.15) is 0 Å². The fourth-order valence-corrected chi connectivity index (χ4v) is 0. The normalized spacial score (nSPS) is 3.69. The molecule has 0 heterocycles. The van der Waals surface area contributed by atoms with Gasteiger partial charge in [0.2, 0.25) is 0 Å². The second-order valence-electron chi connectivity index (χ2n) is 0.500. The third kappa shape index (κ3) is 3690. The van der Waals surface area contributed by atoms with Gasteiger partial charge in [-0.25, -0.2) is 0 Å². The van der Waals surface area contributed by atoms with Gasteiger partial charge in [-0.1, -0.05) is 0 Å². The topological polar surface area (TPSA) is 218 Å². The van der Waals surface area contributed by atoms with Gasteiger partial charge in [0.25, 0.3) is 0 Å². The Labute approximate surface area is 93.5 Å². The number of carbonyl (C=O) groups excluding carboxylic acids is 2. The Morgan fingerprint density at radius 1 is 0.769 bits per heavy atom. The molecule has 0 atom stereocenters. The number of hydrogen-bond acceptors (Lipinski definition) is 8. The molecular weight excluding hydrogens is 251 g/mol. The molecule has 0 aromatic carbocycles. The van der Waals surface area contributed by atoms with Crippen LogP contribution in [0.3, 0.4) is 0 Å². The fourth-order valence-electron chi connectivity index (χ4n) is 0. The van der Waals surface area contributed by atoms with Crippen LogP contribution >= 0.6 is 0 Å². The molecule has 0 rings (SSSR count). The van der Waals surface area contributed by atoms with Crippen LogP contribution in [0.2, 0.25) is 0 Å². The van der Waals surface area contributed by atoms with Gasteiger partial charge in [-0.05, 0) is 12.3 Å². The average Bonchev–Trinajstić information content (AvgIpc) is 1.25. The number of carbonyl (C=O) groups is 2. The molecule has 0 unspecified atom stereocenters. The molecule has 77 valence electrons. The molecule has 9 nitrogen and oxygen atoms in total. The van der Waals surface area contributed by atoms with E-state index in [1.165, 1.54) is 0 Å². The molecule has 0 saturated carbocycles. The average molecular weight is 255 g/mol. The van der Waals surface area contributed by atoms with E-state index in [9.17, 15) is 0 Å². The number of carboxylic acid groups (broad SMARTS) is 4. The van der Waals surface area contributed by atoms with Crippen molar-refractivity contribution in [2.24, 2.45) is 0 Å². The van der Waals surface area contributed by atoms with Gasteiger partial charge in [0, 0.05) is 0 Å². The monoisotopic (exact) mass is 255 g/mol. The predicted molar refractivity (Wildman–Crippen MR) is 24.0 cm³/mol. The van der Waals surface area contributed by atoms with Crippen molar-refractivity contribution in [1.29, 1.82) is 0 Å². The van der Waals surface area contributed by atoms with Crippen molar-refractivity contribution in [1.82, 2.24) is 0 Å². The first-order valence-electron chi connectivity index (χ1n) is 1.22. The van der Waals surface area contributed by atoms with Crippen molar-refractivity contribution in [2.75, 3.05) is 0 Å². The molecule has 4 N–H and O–H groups in total. The van der Waals surface area contributed by atoms with E-state index >= 15 is 0 Å². The maximum absolute atomic E-state index is 8.33. The molecule has 0 aliphatic carbocycles. The van der Waals surface area contributed by atoms with Gasteiger partial charge in [0.1, 0.15) is 0 Å². The molecule has 0 saturated heterocycles. The van der Waals surface area contributed by atoms with Gasteiger partial charge in [-0.3, -0.25) is 0 Å². The Kier molecular flexibility index (Phi) is 177. The van der Waals surface area contributed by atoms with E-state index in [-0.39, 0.29) is 50.9 Å². The van der Waals surface area contributed by atoms with E-state index in [1.54, 1.807) is 0 Å². The molecule has 0 amide bonds. The van der Waals surface area contributed by atoms with Crippen molar-refractivity contribution in [2.45, 2.75) is 0 Å². The molecule has 0 bridgehead atoms. The Bertz CT molecular complexity index is 75.6. The zero-order valence-corrected chi connectivity index (χ0v) is 8.03. The van der Waals surface area contributed by atoms with E-state index in [1.807, 2.05) is 0 Å². The summed E-state index contributed by atoms with van der Waals surface area (Å²) in [6.45, 7) is 0. The van der Waals surface area contributed by atoms with Gasteiger partial charge in [-0.15, -0.1) is 0 Å². The van der Waals surface area contributed by atoms with E-state index in [4.69, 9.17) is 30.0 Å². The van der Waals surface area contributed by atoms with Crippen molar-refractivity contribution in [3.05, 3.63) is 0 Å². The first-order chi connectivity index (χ1) is 3.46. The van der Waals surface area contributed by atoms with Crippen LogP contribution < -0.4 is 20.4 Å². The molecule has 0 spiro atoms. The SMILES string of the molecule is O.O=C([O-])[O-].O=C([O-])[O-].[Al+3].[Fe+3].[OH-].[OH-]. The summed E-state index contributed by atoms with van der Waals surface area (Å²) in [6.07, 6.45) is -4.67. The zero-order chi connectivity index (χ0) is 7.15. The van der Waals surface area contributed by atoms with Gasteiger partial charge >= 0.3 is 34.4 Å². The molecule has 11 heteroatoms. The van der Waals surface area contributed by atoms with Crippen LogP contribution in [0.4, 0.5) is 9.59 Å². The molecule has 0 aliphatic heterocycles. The molecule has 13 heavy (non-hydrogen) atoms. The summed E-state index contributed by atoms with van der Waals surface area (Å²) in [5, 5.41) is 33.3. The summed E-state index contributed by atoms with van der Waals surface area (Å²) < 4.78 is 0. The maximum Gasteiger partial charge on any atom is 3.00 e. The Balaban J connectivity index is -0.00000000800. The molecule has 0 aliphatic rings. The number of rotatable bonds is 0. The summed E-state index contributed by atoms with van der Waals surface area (Å²) in [5.41, 5.74) is 0. The van der Waals surface area contributed by atoms with Crippen molar-refractivity contribution in [3.8, 4) is 0 Å². The van der Waals surface area contributed by atoms with Crippen molar-refractivity contribution < 1.29 is 63.5 Å². The molecule has 0 aromatic rings. The third-order valence-corrected chi connectivity index (χ3v) is 0. The van der Waals surface area contributed by atoms with E-state index < -0.39 is 12.3 Å². The molecule has 0 fully saturated rings. The van der Waals surface area contributed by atoms with E-state index in [0.717, 1.165) is 0 Å². The third-order valence-electron chi connectivity index (χ3n) is 0. The van der Waals surface area contributed by atoms with Crippen LogP contribution in [0, 0.1) is 0 Å². The van der Waals surface area contributed by atoms with Crippen LogP contribution in [0.25, 0.3) is 0 Å². The maximum atomic E-state index is 8.33. The van der Waals surface area contributed by atoms with E-state index in [0.29, 0.717) is 0 Å². The quantitative estimate of drug-likeness (QED) is 0.377. The van der Waals surface area contributed by atoms with Gasteiger partial charge in [0.05, 0.1) is 0 Å². The zero-order valence-electron chi connectivity index (χ0n) is 5.77. The summed E-state index contributed by atoms with van der Waals surface area (Å²) in [7, 11) is 0. The first-order valence-corrected chi connectivity index (χ1v) is 1.22. The second kappa shape index (κ2) is 42.0. The van der Waals surface area contributed by atoms with E-state index in [2.05, 4.69) is 0 Å². The molecular formula is C2H4AlFeO9. The smallest absolute Gasteiger partial charge is 0.870 e. The van der Waals surface area contributed by atoms with Crippen LogP contribution in [0.15, 0.2) is 0 Å². The Hall–Kier alpha value is -0.528. The van der Waals surface area contributed by atoms with Crippen LogP contribution in [0.1, 0.15) is 0 Å². The first kappa shape index (κ1) is 54.8. The summed E-state index contributed by atoms with van der Waals surface area (Å²) in [6, 6.07) is 0. The summed E-state index contributed by atoms with van der Waals surface area (Å²) in [5.74, 6) is 0. The number of hydrogen-bond donors (Lipinski definition) is 0. The van der Waals surface area contributed by atoms with Gasteiger partial charge < -0.3 is 46.4 Å². The fraction of sp³-hybridized carbons (Fsp3) is 0. The minimum atomic E-state index is -2.33. The van der Waals surface area contributed by atoms with Crippen molar-refractivity contribution in [3.63, 3.8) is 0 Å². The minimum Gasteiger partial charge on any atom is -0.870 e. The van der Waals surface area contributed by atoms with Crippen LogP contribution in [-0.4, -0.2) is 46.1 Å².